The van der Waals surface area contributed by atoms with Crippen molar-refractivity contribution < 1.29 is 4.79 Å². The van der Waals surface area contributed by atoms with Crippen LogP contribution in [-0.4, -0.2) is 20.7 Å². The third kappa shape index (κ3) is 5.10. The molecule has 0 aliphatic rings. The van der Waals surface area contributed by atoms with Gasteiger partial charge in [-0.3, -0.25) is 4.79 Å². The summed E-state index contributed by atoms with van der Waals surface area (Å²) in [5.74, 6) is -0.0151. The lowest BCUT2D eigenvalue weighted by Gasteiger charge is -2.16. The van der Waals surface area contributed by atoms with Crippen molar-refractivity contribution in [1.29, 1.82) is 0 Å². The SMILES string of the molecule is CCCCn1c(SC(C)C(=O)Nc2ccccc2-c2ccccc2)nc(C)c1C. The minimum absolute atomic E-state index is 0.0151. The second-order valence-electron chi connectivity index (χ2n) is 7.23. The van der Waals surface area contributed by atoms with Crippen molar-refractivity contribution in [3.8, 4) is 11.1 Å². The number of hydrogen-bond acceptors (Lipinski definition) is 3. The molecule has 2 aromatic carbocycles. The van der Waals surface area contributed by atoms with Crippen LogP contribution in [0.3, 0.4) is 0 Å². The van der Waals surface area contributed by atoms with E-state index in [4.69, 9.17) is 4.98 Å². The summed E-state index contributed by atoms with van der Waals surface area (Å²) in [5, 5.41) is 3.79. The van der Waals surface area contributed by atoms with Gasteiger partial charge in [0.2, 0.25) is 5.91 Å². The van der Waals surface area contributed by atoms with Crippen LogP contribution in [0.1, 0.15) is 38.1 Å². The number of aryl methyl sites for hydroxylation is 1. The van der Waals surface area contributed by atoms with E-state index in [2.05, 4.69) is 35.9 Å². The Kier molecular flexibility index (Phi) is 7.15. The fourth-order valence-electron chi connectivity index (χ4n) is 3.20. The second-order valence-corrected chi connectivity index (χ2v) is 8.54. The molecule has 1 atom stereocenters. The molecule has 1 amide bonds. The van der Waals surface area contributed by atoms with Gasteiger partial charge >= 0.3 is 0 Å². The molecule has 0 aliphatic carbocycles. The van der Waals surface area contributed by atoms with Gasteiger partial charge < -0.3 is 9.88 Å². The summed E-state index contributed by atoms with van der Waals surface area (Å²) in [4.78, 5) is 17.7. The number of unbranched alkanes of at least 4 members (excludes halogenated alkanes) is 1. The first-order valence-electron chi connectivity index (χ1n) is 10.2. The van der Waals surface area contributed by atoms with Crippen molar-refractivity contribution >= 4 is 23.4 Å². The second kappa shape index (κ2) is 9.79. The topological polar surface area (TPSA) is 46.9 Å². The van der Waals surface area contributed by atoms with Crippen LogP contribution in [0, 0.1) is 13.8 Å². The summed E-state index contributed by atoms with van der Waals surface area (Å²) < 4.78 is 2.24. The molecule has 0 saturated carbocycles. The van der Waals surface area contributed by atoms with Crippen molar-refractivity contribution in [1.82, 2.24) is 9.55 Å². The zero-order valence-electron chi connectivity index (χ0n) is 17.6. The molecule has 0 saturated heterocycles. The number of para-hydroxylation sites is 1. The number of nitrogens with zero attached hydrogens (tertiary/aromatic N) is 2. The van der Waals surface area contributed by atoms with Gasteiger partial charge in [-0.1, -0.05) is 73.6 Å². The molecule has 3 rings (SSSR count). The van der Waals surface area contributed by atoms with E-state index in [1.807, 2.05) is 56.3 Å². The number of aromatic nitrogens is 2. The van der Waals surface area contributed by atoms with Crippen LogP contribution in [0.5, 0.6) is 0 Å². The fourth-order valence-corrected chi connectivity index (χ4v) is 4.23. The number of carbonyl (C=O) groups is 1. The number of thioether (sulfide) groups is 1. The molecule has 3 aromatic rings. The van der Waals surface area contributed by atoms with E-state index in [1.54, 1.807) is 0 Å². The lowest BCUT2D eigenvalue weighted by molar-refractivity contribution is -0.115. The maximum atomic E-state index is 12.9. The maximum Gasteiger partial charge on any atom is 0.237 e. The van der Waals surface area contributed by atoms with Gasteiger partial charge in [-0.2, -0.15) is 0 Å². The summed E-state index contributed by atoms with van der Waals surface area (Å²) in [7, 11) is 0. The molecule has 152 valence electrons. The Balaban J connectivity index is 1.75. The quantitative estimate of drug-likeness (QED) is 0.460. The average molecular weight is 408 g/mol. The van der Waals surface area contributed by atoms with Gasteiger partial charge in [0.05, 0.1) is 10.9 Å². The highest BCUT2D eigenvalue weighted by atomic mass is 32.2. The van der Waals surface area contributed by atoms with Crippen LogP contribution in [0.25, 0.3) is 11.1 Å². The number of anilines is 1. The normalized spacial score (nSPS) is 12.0. The van der Waals surface area contributed by atoms with Crippen molar-refractivity contribution in [2.45, 2.75) is 57.5 Å². The van der Waals surface area contributed by atoms with E-state index in [1.165, 1.54) is 17.5 Å². The fraction of sp³-hybridized carbons (Fsp3) is 0.333. The molecule has 0 spiro atoms. The molecule has 0 fully saturated rings. The van der Waals surface area contributed by atoms with E-state index in [0.717, 1.165) is 47.1 Å². The third-order valence-corrected chi connectivity index (χ3v) is 6.17. The standard InChI is InChI=1S/C24H29N3OS/c1-5-6-16-27-18(3)17(2)25-24(27)29-19(4)23(28)26-22-15-11-10-14-21(22)20-12-8-7-9-13-20/h7-15,19H,5-6,16H2,1-4H3,(H,26,28). The van der Waals surface area contributed by atoms with E-state index >= 15 is 0 Å². The molecular weight excluding hydrogens is 378 g/mol. The first kappa shape index (κ1) is 21.2. The van der Waals surface area contributed by atoms with Gasteiger partial charge in [0.1, 0.15) is 0 Å². The van der Waals surface area contributed by atoms with Crippen molar-refractivity contribution in [3.63, 3.8) is 0 Å². The van der Waals surface area contributed by atoms with Gasteiger partial charge in [0.15, 0.2) is 5.16 Å². The van der Waals surface area contributed by atoms with Gasteiger partial charge in [0.25, 0.3) is 0 Å². The van der Waals surface area contributed by atoms with Crippen LogP contribution in [-0.2, 0) is 11.3 Å². The van der Waals surface area contributed by atoms with Crippen LogP contribution >= 0.6 is 11.8 Å². The highest BCUT2D eigenvalue weighted by Gasteiger charge is 2.20. The highest BCUT2D eigenvalue weighted by molar-refractivity contribution is 8.00. The summed E-state index contributed by atoms with van der Waals surface area (Å²) >= 11 is 1.52. The molecule has 1 heterocycles. The zero-order chi connectivity index (χ0) is 20.8. The number of hydrogen-bond donors (Lipinski definition) is 1. The number of rotatable bonds is 8. The maximum absolute atomic E-state index is 12.9. The van der Waals surface area contributed by atoms with Crippen LogP contribution in [0.15, 0.2) is 59.8 Å². The molecular formula is C24H29N3OS. The Hall–Kier alpha value is -2.53. The number of nitrogens with one attached hydrogen (secondary N) is 1. The Labute approximate surface area is 177 Å². The lowest BCUT2D eigenvalue weighted by atomic mass is 10.0. The molecule has 1 N–H and O–H groups in total. The van der Waals surface area contributed by atoms with Gasteiger partial charge in [-0.05, 0) is 38.8 Å². The van der Waals surface area contributed by atoms with Crippen LogP contribution in [0.4, 0.5) is 5.69 Å². The predicted octanol–water partition coefficient (Wildman–Crippen LogP) is 6.09. The van der Waals surface area contributed by atoms with Gasteiger partial charge in [-0.25, -0.2) is 4.98 Å². The highest BCUT2D eigenvalue weighted by Crippen LogP contribution is 2.30. The molecule has 0 bridgehead atoms. The van der Waals surface area contributed by atoms with Crippen molar-refractivity contribution in [3.05, 3.63) is 66.0 Å². The predicted molar refractivity (Wildman–Crippen MR) is 122 cm³/mol. The van der Waals surface area contributed by atoms with Crippen LogP contribution in [0.2, 0.25) is 0 Å². The number of amides is 1. The first-order valence-corrected chi connectivity index (χ1v) is 11.0. The van der Waals surface area contributed by atoms with E-state index in [0.29, 0.717) is 0 Å². The minimum atomic E-state index is -0.250. The number of imidazole rings is 1. The van der Waals surface area contributed by atoms with Crippen LogP contribution < -0.4 is 5.32 Å². The van der Waals surface area contributed by atoms with E-state index < -0.39 is 0 Å². The molecule has 5 heteroatoms. The summed E-state index contributed by atoms with van der Waals surface area (Å²) in [6.07, 6.45) is 2.24. The first-order chi connectivity index (χ1) is 14.0. The Morgan fingerprint density at radius 3 is 2.52 bits per heavy atom. The lowest BCUT2D eigenvalue weighted by Crippen LogP contribution is -2.23. The van der Waals surface area contributed by atoms with Gasteiger partial charge in [0, 0.05) is 23.5 Å². The zero-order valence-corrected chi connectivity index (χ0v) is 18.4. The van der Waals surface area contributed by atoms with Crippen molar-refractivity contribution in [2.75, 3.05) is 5.32 Å². The summed E-state index contributed by atoms with van der Waals surface area (Å²) in [6, 6.07) is 18.0. The molecule has 1 unspecified atom stereocenters. The summed E-state index contributed by atoms with van der Waals surface area (Å²) in [6.45, 7) is 9.20. The molecule has 1 aromatic heterocycles. The number of benzene rings is 2. The average Bonchev–Trinajstić information content (AvgIpc) is 3.00. The molecule has 4 nitrogen and oxygen atoms in total. The summed E-state index contributed by atoms with van der Waals surface area (Å²) in [5.41, 5.74) is 5.16. The van der Waals surface area contributed by atoms with E-state index in [9.17, 15) is 4.79 Å². The molecule has 0 radical (unpaired) electrons. The Bertz CT molecular complexity index is 966. The number of carbonyl (C=O) groups excluding carboxylic acids is 1. The Morgan fingerprint density at radius 2 is 1.79 bits per heavy atom. The smallest absolute Gasteiger partial charge is 0.237 e. The molecule has 0 aliphatic heterocycles. The molecule has 29 heavy (non-hydrogen) atoms. The third-order valence-electron chi connectivity index (χ3n) is 5.08. The van der Waals surface area contributed by atoms with E-state index in [-0.39, 0.29) is 11.2 Å². The van der Waals surface area contributed by atoms with Crippen molar-refractivity contribution in [2.24, 2.45) is 0 Å². The van der Waals surface area contributed by atoms with Gasteiger partial charge in [-0.15, -0.1) is 0 Å². The monoisotopic (exact) mass is 407 g/mol. The Morgan fingerprint density at radius 1 is 1.10 bits per heavy atom. The largest absolute Gasteiger partial charge is 0.325 e. The minimum Gasteiger partial charge on any atom is -0.325 e.